The Kier molecular flexibility index (Phi) is 5.06. The van der Waals surface area contributed by atoms with Crippen molar-refractivity contribution in [1.29, 1.82) is 0 Å². The quantitative estimate of drug-likeness (QED) is 0.522. The van der Waals surface area contributed by atoms with E-state index in [9.17, 15) is 0 Å². The van der Waals surface area contributed by atoms with Gasteiger partial charge in [-0.1, -0.05) is 54.6 Å². The number of nitrogens with zero attached hydrogens (tertiary/aromatic N) is 3. The predicted molar refractivity (Wildman–Crippen MR) is 104 cm³/mol. The molecule has 0 saturated heterocycles. The first-order valence-corrected chi connectivity index (χ1v) is 8.70. The van der Waals surface area contributed by atoms with Crippen molar-refractivity contribution in [3.05, 3.63) is 90.0 Å². The Morgan fingerprint density at radius 1 is 0.852 bits per heavy atom. The number of rotatable bonds is 7. The topological polar surface area (TPSA) is 75.7 Å². The second-order valence-electron chi connectivity index (χ2n) is 6.09. The van der Waals surface area contributed by atoms with Crippen molar-refractivity contribution in [1.82, 2.24) is 20.6 Å². The van der Waals surface area contributed by atoms with Crippen LogP contribution < -0.4 is 10.1 Å². The average molecular weight is 357 g/mol. The first-order valence-electron chi connectivity index (χ1n) is 8.70. The Bertz CT molecular complexity index is 969. The van der Waals surface area contributed by atoms with Crippen molar-refractivity contribution in [2.24, 2.45) is 0 Å². The van der Waals surface area contributed by atoms with E-state index in [1.807, 2.05) is 54.6 Å². The second-order valence-corrected chi connectivity index (χ2v) is 6.09. The molecule has 2 N–H and O–H groups in total. The summed E-state index contributed by atoms with van der Waals surface area (Å²) in [6.07, 6.45) is 0. The summed E-state index contributed by atoms with van der Waals surface area (Å²) in [5.41, 5.74) is 4.25. The fraction of sp³-hybridized carbons (Fsp3) is 0.0952. The van der Waals surface area contributed by atoms with Gasteiger partial charge >= 0.3 is 0 Å². The number of anilines is 1. The first kappa shape index (κ1) is 16.8. The zero-order chi connectivity index (χ0) is 18.3. The third kappa shape index (κ3) is 4.49. The lowest BCUT2D eigenvalue weighted by Gasteiger charge is -2.09. The van der Waals surface area contributed by atoms with Crippen LogP contribution in [-0.2, 0) is 13.2 Å². The number of aromatic nitrogens is 4. The molecule has 1 aromatic heterocycles. The van der Waals surface area contributed by atoms with Gasteiger partial charge in [-0.3, -0.25) is 0 Å². The maximum absolute atomic E-state index is 5.82. The molecule has 134 valence electrons. The largest absolute Gasteiger partial charge is 0.489 e. The van der Waals surface area contributed by atoms with Gasteiger partial charge in [-0.2, -0.15) is 5.21 Å². The molecule has 0 saturated carbocycles. The van der Waals surface area contributed by atoms with Gasteiger partial charge in [0.1, 0.15) is 12.4 Å². The van der Waals surface area contributed by atoms with Crippen LogP contribution in [0.3, 0.4) is 0 Å². The fourth-order valence-electron chi connectivity index (χ4n) is 2.70. The van der Waals surface area contributed by atoms with E-state index < -0.39 is 0 Å². The van der Waals surface area contributed by atoms with Crippen LogP contribution in [0.15, 0.2) is 78.9 Å². The van der Waals surface area contributed by atoms with Crippen LogP contribution >= 0.6 is 0 Å². The number of H-pyrrole nitrogens is 1. The lowest BCUT2D eigenvalue weighted by Crippen LogP contribution is -2.00. The van der Waals surface area contributed by atoms with E-state index in [1.165, 1.54) is 5.56 Å². The average Bonchev–Trinajstić information content (AvgIpc) is 3.28. The molecule has 0 bridgehead atoms. The summed E-state index contributed by atoms with van der Waals surface area (Å²) < 4.78 is 5.82. The molecule has 0 radical (unpaired) electrons. The molecule has 0 spiro atoms. The summed E-state index contributed by atoms with van der Waals surface area (Å²) in [5.74, 6) is 1.44. The number of aromatic amines is 1. The monoisotopic (exact) mass is 357 g/mol. The Balaban J connectivity index is 1.33. The SMILES string of the molecule is c1ccc(COc2ccc(CNc3cccc(-c4nn[nH]n4)c3)cc2)cc1. The molecule has 4 aromatic rings. The van der Waals surface area contributed by atoms with Crippen molar-refractivity contribution >= 4 is 5.69 Å². The number of hydrogen-bond acceptors (Lipinski definition) is 5. The zero-order valence-corrected chi connectivity index (χ0v) is 14.7. The smallest absolute Gasteiger partial charge is 0.204 e. The van der Waals surface area contributed by atoms with E-state index in [4.69, 9.17) is 4.74 Å². The van der Waals surface area contributed by atoms with Crippen LogP contribution in [0, 0.1) is 0 Å². The molecular weight excluding hydrogens is 338 g/mol. The van der Waals surface area contributed by atoms with Crippen LogP contribution in [0.4, 0.5) is 5.69 Å². The molecule has 0 atom stereocenters. The summed E-state index contributed by atoms with van der Waals surface area (Å²) in [5, 5.41) is 17.5. The van der Waals surface area contributed by atoms with E-state index >= 15 is 0 Å². The Morgan fingerprint density at radius 3 is 2.48 bits per heavy atom. The predicted octanol–water partition coefficient (Wildman–Crippen LogP) is 4.06. The maximum Gasteiger partial charge on any atom is 0.204 e. The summed E-state index contributed by atoms with van der Waals surface area (Å²) in [7, 11) is 0. The number of hydrogen-bond donors (Lipinski definition) is 2. The molecule has 0 fully saturated rings. The van der Waals surface area contributed by atoms with Gasteiger partial charge in [0.2, 0.25) is 5.82 Å². The summed E-state index contributed by atoms with van der Waals surface area (Å²) in [4.78, 5) is 0. The third-order valence-electron chi connectivity index (χ3n) is 4.13. The van der Waals surface area contributed by atoms with E-state index in [-0.39, 0.29) is 0 Å². The minimum Gasteiger partial charge on any atom is -0.489 e. The molecule has 0 aliphatic rings. The Labute approximate surface area is 157 Å². The van der Waals surface area contributed by atoms with Crippen molar-refractivity contribution in [2.45, 2.75) is 13.2 Å². The van der Waals surface area contributed by atoms with E-state index in [0.717, 1.165) is 22.6 Å². The molecule has 1 heterocycles. The number of ether oxygens (including phenoxy) is 1. The molecule has 0 aliphatic carbocycles. The van der Waals surface area contributed by atoms with Gasteiger partial charge in [0, 0.05) is 17.8 Å². The zero-order valence-electron chi connectivity index (χ0n) is 14.7. The van der Waals surface area contributed by atoms with Gasteiger partial charge in [0.25, 0.3) is 0 Å². The minimum absolute atomic E-state index is 0.571. The van der Waals surface area contributed by atoms with Crippen molar-refractivity contribution in [3.63, 3.8) is 0 Å². The maximum atomic E-state index is 5.82. The van der Waals surface area contributed by atoms with E-state index in [1.54, 1.807) is 0 Å². The highest BCUT2D eigenvalue weighted by Gasteiger charge is 2.03. The molecule has 6 nitrogen and oxygen atoms in total. The normalized spacial score (nSPS) is 10.5. The van der Waals surface area contributed by atoms with Crippen LogP contribution in [0.2, 0.25) is 0 Å². The first-order chi connectivity index (χ1) is 13.4. The van der Waals surface area contributed by atoms with Gasteiger partial charge in [-0.25, -0.2) is 0 Å². The molecule has 0 unspecified atom stereocenters. The van der Waals surface area contributed by atoms with Crippen LogP contribution in [0.5, 0.6) is 5.75 Å². The summed E-state index contributed by atoms with van der Waals surface area (Å²) >= 11 is 0. The standard InChI is InChI=1S/C21H19N5O/c1-2-5-17(6-3-1)15-27-20-11-9-16(10-12-20)14-22-19-8-4-7-18(13-19)21-23-25-26-24-21/h1-13,22H,14-15H2,(H,23,24,25,26). The van der Waals surface area contributed by atoms with Crippen molar-refractivity contribution in [2.75, 3.05) is 5.32 Å². The van der Waals surface area contributed by atoms with Gasteiger partial charge in [-0.15, -0.1) is 10.2 Å². The molecular formula is C21H19N5O. The van der Waals surface area contributed by atoms with Crippen LogP contribution in [0.25, 0.3) is 11.4 Å². The minimum atomic E-state index is 0.571. The highest BCUT2D eigenvalue weighted by molar-refractivity contribution is 5.61. The molecule has 4 rings (SSSR count). The lowest BCUT2D eigenvalue weighted by molar-refractivity contribution is 0.306. The second kappa shape index (κ2) is 8.14. The van der Waals surface area contributed by atoms with Crippen LogP contribution in [0.1, 0.15) is 11.1 Å². The molecule has 0 aliphatic heterocycles. The number of tetrazole rings is 1. The van der Waals surface area contributed by atoms with Gasteiger partial charge in [0.15, 0.2) is 0 Å². The highest BCUT2D eigenvalue weighted by atomic mass is 16.5. The van der Waals surface area contributed by atoms with Gasteiger partial charge < -0.3 is 10.1 Å². The van der Waals surface area contributed by atoms with Gasteiger partial charge in [0.05, 0.1) is 0 Å². The number of benzene rings is 3. The van der Waals surface area contributed by atoms with E-state index in [2.05, 4.69) is 50.2 Å². The van der Waals surface area contributed by atoms with Crippen molar-refractivity contribution in [3.8, 4) is 17.1 Å². The molecule has 3 aromatic carbocycles. The summed E-state index contributed by atoms with van der Waals surface area (Å²) in [6, 6.07) is 26.2. The Hall–Kier alpha value is -3.67. The number of nitrogens with one attached hydrogen (secondary N) is 2. The molecule has 0 amide bonds. The molecule has 27 heavy (non-hydrogen) atoms. The third-order valence-corrected chi connectivity index (χ3v) is 4.13. The van der Waals surface area contributed by atoms with Crippen molar-refractivity contribution < 1.29 is 4.74 Å². The van der Waals surface area contributed by atoms with E-state index in [0.29, 0.717) is 19.0 Å². The fourth-order valence-corrected chi connectivity index (χ4v) is 2.70. The Morgan fingerprint density at radius 2 is 1.70 bits per heavy atom. The molecule has 6 heteroatoms. The van der Waals surface area contributed by atoms with Gasteiger partial charge in [-0.05, 0) is 40.6 Å². The highest BCUT2D eigenvalue weighted by Crippen LogP contribution is 2.20. The lowest BCUT2D eigenvalue weighted by atomic mass is 10.1. The summed E-state index contributed by atoms with van der Waals surface area (Å²) in [6.45, 7) is 1.29. The van der Waals surface area contributed by atoms with Crippen LogP contribution in [-0.4, -0.2) is 20.6 Å².